The lowest BCUT2D eigenvalue weighted by atomic mass is 10.1. The summed E-state index contributed by atoms with van der Waals surface area (Å²) in [6.45, 7) is 2.02. The van der Waals surface area contributed by atoms with Gasteiger partial charge in [0.25, 0.3) is 0 Å². The first-order valence-electron chi connectivity index (χ1n) is 9.68. The molecule has 0 unspecified atom stereocenters. The summed E-state index contributed by atoms with van der Waals surface area (Å²) >= 11 is 0. The molecule has 150 valence electrons. The molecule has 1 aromatic heterocycles. The highest BCUT2D eigenvalue weighted by molar-refractivity contribution is 5.92. The predicted octanol–water partition coefficient (Wildman–Crippen LogP) is 5.41. The average Bonchev–Trinajstić information content (AvgIpc) is 3.24. The third kappa shape index (κ3) is 4.91. The highest BCUT2D eigenvalue weighted by Gasteiger charge is 2.12. The van der Waals surface area contributed by atoms with Gasteiger partial charge < -0.3 is 14.5 Å². The fourth-order valence-corrected chi connectivity index (χ4v) is 2.88. The van der Waals surface area contributed by atoms with Gasteiger partial charge in [0.15, 0.2) is 5.75 Å². The molecular weight excluding hydrogens is 378 g/mol. The van der Waals surface area contributed by atoms with Crippen molar-refractivity contribution in [3.05, 3.63) is 90.3 Å². The molecule has 4 rings (SSSR count). The summed E-state index contributed by atoms with van der Waals surface area (Å²) in [7, 11) is 0. The van der Waals surface area contributed by atoms with Crippen molar-refractivity contribution < 1.29 is 13.9 Å². The van der Waals surface area contributed by atoms with Crippen LogP contribution in [0.5, 0.6) is 11.5 Å². The number of para-hydroxylation sites is 3. The minimum Gasteiger partial charge on any atom is -0.455 e. The molecule has 3 aromatic carbocycles. The zero-order chi connectivity index (χ0) is 20.8. The normalized spacial score (nSPS) is 10.6. The lowest BCUT2D eigenvalue weighted by molar-refractivity contribution is -0.116. The number of carbonyl (C=O) groups is 1. The van der Waals surface area contributed by atoms with Crippen LogP contribution in [-0.4, -0.2) is 16.1 Å². The summed E-state index contributed by atoms with van der Waals surface area (Å²) in [4.78, 5) is 12.4. The maximum Gasteiger partial charge on any atom is 0.247 e. The third-order valence-corrected chi connectivity index (χ3v) is 4.46. The van der Waals surface area contributed by atoms with Gasteiger partial charge in [0.1, 0.15) is 5.75 Å². The van der Waals surface area contributed by atoms with Gasteiger partial charge in [-0.2, -0.15) is 0 Å². The molecule has 4 aromatic rings. The van der Waals surface area contributed by atoms with E-state index in [0.29, 0.717) is 35.4 Å². The molecule has 0 bridgehead atoms. The molecule has 0 aliphatic heterocycles. The lowest BCUT2D eigenvalue weighted by Gasteiger charge is -2.12. The van der Waals surface area contributed by atoms with Crippen molar-refractivity contribution in [1.29, 1.82) is 0 Å². The van der Waals surface area contributed by atoms with Crippen molar-refractivity contribution >= 4 is 11.6 Å². The monoisotopic (exact) mass is 399 g/mol. The molecule has 30 heavy (non-hydrogen) atoms. The summed E-state index contributed by atoms with van der Waals surface area (Å²) in [6, 6.07) is 24.6. The van der Waals surface area contributed by atoms with Crippen LogP contribution in [0.2, 0.25) is 0 Å². The van der Waals surface area contributed by atoms with Crippen LogP contribution in [0.4, 0.5) is 5.69 Å². The molecule has 6 heteroatoms. The van der Waals surface area contributed by atoms with Crippen LogP contribution >= 0.6 is 0 Å². The van der Waals surface area contributed by atoms with Gasteiger partial charge in [-0.1, -0.05) is 48.0 Å². The first-order valence-corrected chi connectivity index (χ1v) is 9.68. The summed E-state index contributed by atoms with van der Waals surface area (Å²) in [5, 5.41) is 11.0. The number of anilines is 1. The van der Waals surface area contributed by atoms with Gasteiger partial charge >= 0.3 is 0 Å². The molecule has 0 saturated carbocycles. The van der Waals surface area contributed by atoms with Crippen molar-refractivity contribution in [2.45, 2.75) is 19.8 Å². The van der Waals surface area contributed by atoms with Crippen LogP contribution in [0.25, 0.3) is 11.5 Å². The van der Waals surface area contributed by atoms with Crippen LogP contribution in [0, 0.1) is 6.92 Å². The Labute approximate surface area is 174 Å². The number of benzene rings is 3. The van der Waals surface area contributed by atoms with Gasteiger partial charge in [0, 0.05) is 18.4 Å². The standard InChI is InChI=1S/C24H21N3O3/c1-17-11-13-18(14-12-17)24-27-26-23(30-24)16-15-22(28)25-20-9-5-6-10-21(20)29-19-7-3-2-4-8-19/h2-14H,15-16H2,1H3,(H,25,28). The number of carbonyl (C=O) groups excluding carboxylic acids is 1. The lowest BCUT2D eigenvalue weighted by Crippen LogP contribution is -2.13. The number of aromatic nitrogens is 2. The van der Waals surface area contributed by atoms with Gasteiger partial charge in [-0.15, -0.1) is 10.2 Å². The highest BCUT2D eigenvalue weighted by Crippen LogP contribution is 2.29. The maximum atomic E-state index is 12.4. The van der Waals surface area contributed by atoms with Crippen molar-refractivity contribution in [3.8, 4) is 23.0 Å². The summed E-state index contributed by atoms with van der Waals surface area (Å²) in [5.41, 5.74) is 2.62. The average molecular weight is 399 g/mol. The SMILES string of the molecule is Cc1ccc(-c2nnc(CCC(=O)Nc3ccccc3Oc3ccccc3)o2)cc1. The zero-order valence-corrected chi connectivity index (χ0v) is 16.5. The smallest absolute Gasteiger partial charge is 0.247 e. The summed E-state index contributed by atoms with van der Waals surface area (Å²) in [5.74, 6) is 2.00. The number of amides is 1. The first-order chi connectivity index (χ1) is 14.7. The Bertz CT molecular complexity index is 1120. The Kier molecular flexibility index (Phi) is 5.85. The van der Waals surface area contributed by atoms with Crippen molar-refractivity contribution in [2.75, 3.05) is 5.32 Å². The Morgan fingerprint density at radius 1 is 0.933 bits per heavy atom. The number of rotatable bonds is 7. The quantitative estimate of drug-likeness (QED) is 0.450. The second kappa shape index (κ2) is 9.05. The van der Waals surface area contributed by atoms with Gasteiger partial charge in [-0.05, 0) is 43.3 Å². The van der Waals surface area contributed by atoms with E-state index in [1.54, 1.807) is 6.07 Å². The van der Waals surface area contributed by atoms with E-state index in [4.69, 9.17) is 9.15 Å². The second-order valence-corrected chi connectivity index (χ2v) is 6.83. The minimum absolute atomic E-state index is 0.158. The van der Waals surface area contributed by atoms with Crippen LogP contribution in [-0.2, 0) is 11.2 Å². The largest absolute Gasteiger partial charge is 0.455 e. The zero-order valence-electron chi connectivity index (χ0n) is 16.5. The molecule has 0 saturated heterocycles. The molecule has 0 atom stereocenters. The topological polar surface area (TPSA) is 77.2 Å². The van der Waals surface area contributed by atoms with Crippen LogP contribution in [0.1, 0.15) is 17.9 Å². The van der Waals surface area contributed by atoms with E-state index in [-0.39, 0.29) is 12.3 Å². The third-order valence-electron chi connectivity index (χ3n) is 4.46. The van der Waals surface area contributed by atoms with E-state index < -0.39 is 0 Å². The van der Waals surface area contributed by atoms with E-state index in [1.165, 1.54) is 0 Å². The molecular formula is C24H21N3O3. The van der Waals surface area contributed by atoms with Crippen molar-refractivity contribution in [2.24, 2.45) is 0 Å². The fraction of sp³-hybridized carbons (Fsp3) is 0.125. The number of hydrogen-bond donors (Lipinski definition) is 1. The summed E-state index contributed by atoms with van der Waals surface area (Å²) < 4.78 is 11.6. The minimum atomic E-state index is -0.158. The second-order valence-electron chi connectivity index (χ2n) is 6.83. The number of nitrogens with zero attached hydrogens (tertiary/aromatic N) is 2. The molecule has 1 N–H and O–H groups in total. The highest BCUT2D eigenvalue weighted by atomic mass is 16.5. The van der Waals surface area contributed by atoms with Crippen LogP contribution in [0.15, 0.2) is 83.3 Å². The van der Waals surface area contributed by atoms with Gasteiger partial charge in [0.2, 0.25) is 17.7 Å². The van der Waals surface area contributed by atoms with Crippen LogP contribution in [0.3, 0.4) is 0 Å². The molecule has 0 spiro atoms. The number of ether oxygens (including phenoxy) is 1. The molecule has 0 radical (unpaired) electrons. The molecule has 0 aliphatic rings. The van der Waals surface area contributed by atoms with Gasteiger partial charge in [-0.3, -0.25) is 4.79 Å². The molecule has 1 amide bonds. The molecule has 0 fully saturated rings. The Balaban J connectivity index is 1.36. The Hall–Kier alpha value is -3.93. The Morgan fingerprint density at radius 2 is 1.67 bits per heavy atom. The molecule has 1 heterocycles. The van der Waals surface area contributed by atoms with Gasteiger partial charge in [-0.25, -0.2) is 0 Å². The molecule has 6 nitrogen and oxygen atoms in total. The van der Waals surface area contributed by atoms with Crippen molar-refractivity contribution in [1.82, 2.24) is 10.2 Å². The van der Waals surface area contributed by atoms with Gasteiger partial charge in [0.05, 0.1) is 5.69 Å². The number of nitrogens with one attached hydrogen (secondary N) is 1. The van der Waals surface area contributed by atoms with E-state index in [2.05, 4.69) is 15.5 Å². The van der Waals surface area contributed by atoms with E-state index in [0.717, 1.165) is 11.1 Å². The first kappa shape index (κ1) is 19.4. The van der Waals surface area contributed by atoms with E-state index in [9.17, 15) is 4.79 Å². The van der Waals surface area contributed by atoms with Crippen molar-refractivity contribution in [3.63, 3.8) is 0 Å². The molecule has 0 aliphatic carbocycles. The predicted molar refractivity (Wildman–Crippen MR) is 114 cm³/mol. The van der Waals surface area contributed by atoms with E-state index >= 15 is 0 Å². The fourth-order valence-electron chi connectivity index (χ4n) is 2.88. The van der Waals surface area contributed by atoms with Crippen LogP contribution < -0.4 is 10.1 Å². The van der Waals surface area contributed by atoms with E-state index in [1.807, 2.05) is 79.7 Å². The summed E-state index contributed by atoms with van der Waals surface area (Å²) in [6.07, 6.45) is 0.571. The number of aryl methyl sites for hydroxylation is 2. The number of hydrogen-bond acceptors (Lipinski definition) is 5. The Morgan fingerprint density at radius 3 is 2.47 bits per heavy atom. The maximum absolute atomic E-state index is 12.4.